The van der Waals surface area contributed by atoms with Gasteiger partial charge in [-0.3, -0.25) is 9.59 Å². The van der Waals surface area contributed by atoms with E-state index >= 15 is 0 Å². The number of carbonyl (C=O) groups is 2. The molecule has 64 valence electrons. The van der Waals surface area contributed by atoms with Gasteiger partial charge >= 0.3 is 5.97 Å². The van der Waals surface area contributed by atoms with E-state index in [2.05, 4.69) is 0 Å². The predicted molar refractivity (Wildman–Crippen MR) is 43.4 cm³/mol. The van der Waals surface area contributed by atoms with Crippen LogP contribution < -0.4 is 5.73 Å². The molecule has 3 N–H and O–H groups in total. The second kappa shape index (κ2) is 5.01. The zero-order chi connectivity index (χ0) is 8.85. The summed E-state index contributed by atoms with van der Waals surface area (Å²) in [4.78, 5) is 20.4. The Hall–Kier alpha value is -0.710. The minimum atomic E-state index is -0.852. The Labute approximate surface area is 69.1 Å². The van der Waals surface area contributed by atoms with Gasteiger partial charge in [-0.25, -0.2) is 0 Å². The first kappa shape index (κ1) is 10.3. The lowest BCUT2D eigenvalue weighted by molar-refractivity contribution is -0.136. The molecule has 5 heteroatoms. The van der Waals surface area contributed by atoms with Crippen molar-refractivity contribution in [3.05, 3.63) is 0 Å². The predicted octanol–water partition coefficient (Wildman–Crippen LogP) is 0.0681. The average Bonchev–Trinajstić information content (AvgIpc) is 1.82. The van der Waals surface area contributed by atoms with Gasteiger partial charge < -0.3 is 10.8 Å². The van der Waals surface area contributed by atoms with Gasteiger partial charge in [-0.1, -0.05) is 6.92 Å². The van der Waals surface area contributed by atoms with E-state index in [0.29, 0.717) is 0 Å². The van der Waals surface area contributed by atoms with Crippen LogP contribution in [0.3, 0.4) is 0 Å². The largest absolute Gasteiger partial charge is 0.481 e. The molecule has 0 aromatic heterocycles. The van der Waals surface area contributed by atoms with E-state index in [-0.39, 0.29) is 17.4 Å². The number of hydrogen-bond donors (Lipinski definition) is 2. The Bertz CT molecular complexity index is 160. The maximum atomic E-state index is 10.2. The molecule has 0 aliphatic rings. The van der Waals surface area contributed by atoms with Crippen molar-refractivity contribution in [2.45, 2.75) is 18.6 Å². The number of amides is 1. The summed E-state index contributed by atoms with van der Waals surface area (Å²) in [5.41, 5.74) is 4.86. The SMILES string of the molecule is CC(CC(=O)O)SCC(N)=O. The first-order valence-electron chi connectivity index (χ1n) is 3.14. The van der Waals surface area contributed by atoms with Crippen LogP contribution in [0.2, 0.25) is 0 Å². The molecule has 0 radical (unpaired) electrons. The van der Waals surface area contributed by atoms with Crippen molar-refractivity contribution in [3.63, 3.8) is 0 Å². The molecular formula is C6H11NO3S. The van der Waals surface area contributed by atoms with E-state index in [1.54, 1.807) is 6.92 Å². The van der Waals surface area contributed by atoms with Crippen LogP contribution in [-0.2, 0) is 9.59 Å². The second-order valence-corrected chi connectivity index (χ2v) is 3.61. The lowest BCUT2D eigenvalue weighted by Crippen LogP contribution is -2.16. The standard InChI is InChI=1S/C6H11NO3S/c1-4(2-6(9)10)11-3-5(7)8/h4H,2-3H2,1H3,(H2,7,8)(H,9,10). The smallest absolute Gasteiger partial charge is 0.304 e. The van der Waals surface area contributed by atoms with Crippen molar-refractivity contribution in [3.8, 4) is 0 Å². The summed E-state index contributed by atoms with van der Waals surface area (Å²) in [5, 5.41) is 8.26. The highest BCUT2D eigenvalue weighted by atomic mass is 32.2. The lowest BCUT2D eigenvalue weighted by Gasteiger charge is -2.04. The van der Waals surface area contributed by atoms with Crippen LogP contribution in [0.1, 0.15) is 13.3 Å². The van der Waals surface area contributed by atoms with Crippen molar-refractivity contribution in [2.75, 3.05) is 5.75 Å². The molecule has 0 bridgehead atoms. The molecule has 1 atom stereocenters. The van der Waals surface area contributed by atoms with Crippen molar-refractivity contribution in [2.24, 2.45) is 5.73 Å². The third kappa shape index (κ3) is 7.18. The Morgan fingerprint density at radius 1 is 1.64 bits per heavy atom. The highest BCUT2D eigenvalue weighted by molar-refractivity contribution is 8.00. The molecule has 0 saturated heterocycles. The van der Waals surface area contributed by atoms with E-state index in [9.17, 15) is 9.59 Å². The average molecular weight is 177 g/mol. The number of hydrogen-bond acceptors (Lipinski definition) is 3. The van der Waals surface area contributed by atoms with E-state index in [0.717, 1.165) is 0 Å². The third-order valence-electron chi connectivity index (χ3n) is 0.972. The molecule has 4 nitrogen and oxygen atoms in total. The van der Waals surface area contributed by atoms with E-state index < -0.39 is 11.9 Å². The molecule has 1 amide bonds. The van der Waals surface area contributed by atoms with Crippen LogP contribution in [0.4, 0.5) is 0 Å². The second-order valence-electron chi connectivity index (χ2n) is 2.19. The monoisotopic (exact) mass is 177 g/mol. The van der Waals surface area contributed by atoms with Crippen LogP contribution in [0.15, 0.2) is 0 Å². The summed E-state index contributed by atoms with van der Waals surface area (Å²) in [5.74, 6) is -1.07. The summed E-state index contributed by atoms with van der Waals surface area (Å²) in [7, 11) is 0. The van der Waals surface area contributed by atoms with Crippen molar-refractivity contribution in [1.29, 1.82) is 0 Å². The normalized spacial score (nSPS) is 12.5. The third-order valence-corrected chi connectivity index (χ3v) is 2.16. The molecule has 0 heterocycles. The summed E-state index contributed by atoms with van der Waals surface area (Å²) < 4.78 is 0. The van der Waals surface area contributed by atoms with Gasteiger partial charge in [-0.15, -0.1) is 11.8 Å². The summed E-state index contributed by atoms with van der Waals surface area (Å²) in [6.07, 6.45) is 0.0674. The maximum absolute atomic E-state index is 10.2. The number of carbonyl (C=O) groups excluding carboxylic acids is 1. The van der Waals surface area contributed by atoms with E-state index in [1.165, 1.54) is 11.8 Å². The minimum absolute atomic E-state index is 0.0556. The van der Waals surface area contributed by atoms with Gasteiger partial charge in [0, 0.05) is 5.25 Å². The van der Waals surface area contributed by atoms with Gasteiger partial charge in [0.1, 0.15) is 0 Å². The molecule has 0 rings (SSSR count). The van der Waals surface area contributed by atoms with Crippen LogP contribution in [0.25, 0.3) is 0 Å². The highest BCUT2D eigenvalue weighted by Gasteiger charge is 2.08. The Morgan fingerprint density at radius 2 is 2.18 bits per heavy atom. The number of rotatable bonds is 5. The highest BCUT2D eigenvalue weighted by Crippen LogP contribution is 2.12. The van der Waals surface area contributed by atoms with Gasteiger partial charge in [0.05, 0.1) is 12.2 Å². The topological polar surface area (TPSA) is 80.4 Å². The molecule has 1 unspecified atom stereocenters. The Morgan fingerprint density at radius 3 is 2.55 bits per heavy atom. The number of carboxylic acids is 1. The van der Waals surface area contributed by atoms with Crippen LogP contribution in [-0.4, -0.2) is 28.0 Å². The van der Waals surface area contributed by atoms with Gasteiger partial charge in [0.2, 0.25) is 5.91 Å². The fourth-order valence-electron chi connectivity index (χ4n) is 0.529. The zero-order valence-corrected chi connectivity index (χ0v) is 7.06. The molecule has 0 aromatic rings. The van der Waals surface area contributed by atoms with Crippen LogP contribution in [0, 0.1) is 0 Å². The van der Waals surface area contributed by atoms with Crippen LogP contribution in [0.5, 0.6) is 0 Å². The van der Waals surface area contributed by atoms with Crippen molar-refractivity contribution >= 4 is 23.6 Å². The van der Waals surface area contributed by atoms with Crippen molar-refractivity contribution < 1.29 is 14.7 Å². The Kier molecular flexibility index (Phi) is 4.69. The molecule has 0 fully saturated rings. The minimum Gasteiger partial charge on any atom is -0.481 e. The van der Waals surface area contributed by atoms with E-state index in [1.807, 2.05) is 0 Å². The first-order valence-corrected chi connectivity index (χ1v) is 4.19. The van der Waals surface area contributed by atoms with Crippen LogP contribution >= 0.6 is 11.8 Å². The maximum Gasteiger partial charge on any atom is 0.304 e. The fourth-order valence-corrected chi connectivity index (χ4v) is 1.24. The summed E-state index contributed by atoms with van der Waals surface area (Å²) >= 11 is 1.26. The molecule has 0 aliphatic heterocycles. The molecular weight excluding hydrogens is 166 g/mol. The molecule has 0 saturated carbocycles. The van der Waals surface area contributed by atoms with Gasteiger partial charge in [0.25, 0.3) is 0 Å². The van der Waals surface area contributed by atoms with Gasteiger partial charge in [-0.2, -0.15) is 0 Å². The fraction of sp³-hybridized carbons (Fsp3) is 0.667. The van der Waals surface area contributed by atoms with E-state index in [4.69, 9.17) is 10.8 Å². The summed E-state index contributed by atoms with van der Waals surface area (Å²) in [6.45, 7) is 1.75. The lowest BCUT2D eigenvalue weighted by atomic mass is 10.3. The van der Waals surface area contributed by atoms with Crippen molar-refractivity contribution in [1.82, 2.24) is 0 Å². The molecule has 0 aromatic carbocycles. The summed E-state index contributed by atoms with van der Waals surface area (Å²) in [6, 6.07) is 0. The zero-order valence-electron chi connectivity index (χ0n) is 6.24. The molecule has 11 heavy (non-hydrogen) atoms. The molecule has 0 aliphatic carbocycles. The quantitative estimate of drug-likeness (QED) is 0.622. The van der Waals surface area contributed by atoms with Gasteiger partial charge in [0.15, 0.2) is 0 Å². The molecule has 0 spiro atoms. The Balaban J connectivity index is 3.44. The number of nitrogens with two attached hydrogens (primary N) is 1. The number of carboxylic acid groups (broad SMARTS) is 1. The first-order chi connectivity index (χ1) is 5.02. The number of aliphatic carboxylic acids is 1. The van der Waals surface area contributed by atoms with Gasteiger partial charge in [-0.05, 0) is 0 Å². The number of thioether (sulfide) groups is 1. The number of primary amides is 1.